The van der Waals surface area contributed by atoms with Crippen molar-refractivity contribution in [3.8, 4) is 5.75 Å². The van der Waals surface area contributed by atoms with Crippen LogP contribution in [0.3, 0.4) is 0 Å². The lowest BCUT2D eigenvalue weighted by molar-refractivity contribution is -0.132. The van der Waals surface area contributed by atoms with Crippen LogP contribution in [0, 0.1) is 13.8 Å². The maximum atomic E-state index is 12.8. The molecule has 1 aromatic carbocycles. The van der Waals surface area contributed by atoms with Crippen LogP contribution in [0.25, 0.3) is 10.9 Å². The molecule has 148 valence electrons. The molecule has 0 bridgehead atoms. The Kier molecular flexibility index (Phi) is 5.11. The van der Waals surface area contributed by atoms with Crippen molar-refractivity contribution in [2.24, 2.45) is 0 Å². The molecule has 3 aromatic rings. The number of fused-ring (bicyclic) bond motifs is 3. The predicted molar refractivity (Wildman–Crippen MR) is 110 cm³/mol. The number of aryl methyl sites for hydroxylation is 3. The molecule has 6 nitrogen and oxygen atoms in total. The van der Waals surface area contributed by atoms with Gasteiger partial charge in [0.1, 0.15) is 5.75 Å². The van der Waals surface area contributed by atoms with Gasteiger partial charge in [-0.25, -0.2) is 0 Å². The van der Waals surface area contributed by atoms with Crippen LogP contribution in [-0.4, -0.2) is 38.7 Å². The van der Waals surface area contributed by atoms with E-state index in [1.807, 2.05) is 29.5 Å². The fourth-order valence-electron chi connectivity index (χ4n) is 4.10. The van der Waals surface area contributed by atoms with E-state index in [1.54, 1.807) is 0 Å². The number of rotatable bonds is 6. The topological polar surface area (TPSA) is 63.1 Å². The van der Waals surface area contributed by atoms with Crippen LogP contribution in [-0.2, 0) is 24.3 Å². The predicted octanol–water partition coefficient (Wildman–Crippen LogP) is 3.75. The summed E-state index contributed by atoms with van der Waals surface area (Å²) in [5, 5.41) is 5.64. The zero-order valence-electron chi connectivity index (χ0n) is 16.9. The van der Waals surface area contributed by atoms with Crippen LogP contribution in [0.5, 0.6) is 5.75 Å². The quantitative estimate of drug-likeness (QED) is 0.708. The summed E-state index contributed by atoms with van der Waals surface area (Å²) in [6.45, 7) is 8.93. The van der Waals surface area contributed by atoms with Gasteiger partial charge in [0.05, 0.1) is 12.3 Å². The highest BCUT2D eigenvalue weighted by Crippen LogP contribution is 2.30. The number of ether oxygens (including phenoxy) is 1. The van der Waals surface area contributed by atoms with E-state index in [0.29, 0.717) is 19.6 Å². The van der Waals surface area contributed by atoms with Gasteiger partial charge in [-0.2, -0.15) is 5.10 Å². The van der Waals surface area contributed by atoms with E-state index >= 15 is 0 Å². The van der Waals surface area contributed by atoms with E-state index < -0.39 is 0 Å². The second-order valence-electron chi connectivity index (χ2n) is 7.54. The van der Waals surface area contributed by atoms with Gasteiger partial charge in [0.2, 0.25) is 5.91 Å². The number of hydrogen-bond donors (Lipinski definition) is 1. The highest BCUT2D eigenvalue weighted by molar-refractivity contribution is 5.87. The van der Waals surface area contributed by atoms with E-state index in [2.05, 4.69) is 35.2 Å². The van der Waals surface area contributed by atoms with E-state index in [-0.39, 0.29) is 5.91 Å². The Bertz CT molecular complexity index is 1000. The molecule has 0 saturated carbocycles. The number of amides is 1. The number of aromatic nitrogens is 3. The van der Waals surface area contributed by atoms with Crippen molar-refractivity contribution >= 4 is 16.8 Å². The van der Waals surface area contributed by atoms with Gasteiger partial charge in [-0.15, -0.1) is 0 Å². The largest absolute Gasteiger partial charge is 0.494 e. The number of nitrogens with zero attached hydrogens (tertiary/aromatic N) is 3. The minimum absolute atomic E-state index is 0.225. The van der Waals surface area contributed by atoms with Crippen molar-refractivity contribution in [2.75, 3.05) is 13.2 Å². The molecular weight excluding hydrogens is 352 g/mol. The number of carbonyl (C=O) groups excluding carboxylic acids is 1. The number of benzene rings is 1. The number of aromatic amines is 1. The first-order chi connectivity index (χ1) is 13.5. The Morgan fingerprint density at radius 1 is 1.29 bits per heavy atom. The van der Waals surface area contributed by atoms with Crippen molar-refractivity contribution in [3.05, 3.63) is 46.9 Å². The molecule has 28 heavy (non-hydrogen) atoms. The molecule has 0 radical (unpaired) electrons. The van der Waals surface area contributed by atoms with E-state index in [9.17, 15) is 4.79 Å². The second kappa shape index (κ2) is 7.70. The summed E-state index contributed by atoms with van der Waals surface area (Å²) >= 11 is 0. The molecule has 6 heteroatoms. The van der Waals surface area contributed by atoms with Gasteiger partial charge in [0, 0.05) is 60.3 Å². The number of carbonyl (C=O) groups is 1. The van der Waals surface area contributed by atoms with Gasteiger partial charge in [0.15, 0.2) is 0 Å². The molecule has 0 unspecified atom stereocenters. The van der Waals surface area contributed by atoms with Gasteiger partial charge in [0.25, 0.3) is 0 Å². The average molecular weight is 380 g/mol. The standard InChI is InChI=1S/C22H28N4O2/c1-4-28-17-7-8-20-18(13-17)19-14-25(11-9-21(19)23-20)22(27)6-5-10-26-16(3)12-15(2)24-26/h7-8,12-13,23H,4-6,9-11,14H2,1-3H3. The van der Waals surface area contributed by atoms with Gasteiger partial charge in [-0.3, -0.25) is 9.48 Å². The molecule has 1 N–H and O–H groups in total. The molecule has 0 fully saturated rings. The van der Waals surface area contributed by atoms with Crippen LogP contribution < -0.4 is 4.74 Å². The summed E-state index contributed by atoms with van der Waals surface area (Å²) in [5.74, 6) is 1.10. The lowest BCUT2D eigenvalue weighted by Crippen LogP contribution is -2.35. The Balaban J connectivity index is 1.42. The molecule has 0 atom stereocenters. The lowest BCUT2D eigenvalue weighted by atomic mass is 10.0. The second-order valence-corrected chi connectivity index (χ2v) is 7.54. The summed E-state index contributed by atoms with van der Waals surface area (Å²) < 4.78 is 7.64. The number of H-pyrrole nitrogens is 1. The van der Waals surface area contributed by atoms with Crippen LogP contribution in [0.1, 0.15) is 42.4 Å². The van der Waals surface area contributed by atoms with Crippen LogP contribution in [0.4, 0.5) is 0 Å². The molecule has 0 aliphatic carbocycles. The molecule has 1 aliphatic heterocycles. The zero-order chi connectivity index (χ0) is 19.7. The minimum Gasteiger partial charge on any atom is -0.494 e. The summed E-state index contributed by atoms with van der Waals surface area (Å²) in [6.07, 6.45) is 2.24. The van der Waals surface area contributed by atoms with Crippen molar-refractivity contribution in [3.63, 3.8) is 0 Å². The highest BCUT2D eigenvalue weighted by atomic mass is 16.5. The van der Waals surface area contributed by atoms with Crippen molar-refractivity contribution in [2.45, 2.75) is 53.1 Å². The Hall–Kier alpha value is -2.76. The van der Waals surface area contributed by atoms with E-state index in [0.717, 1.165) is 48.6 Å². The van der Waals surface area contributed by atoms with Crippen LogP contribution in [0.15, 0.2) is 24.3 Å². The fourth-order valence-corrected chi connectivity index (χ4v) is 4.10. The number of nitrogens with one attached hydrogen (secondary N) is 1. The maximum Gasteiger partial charge on any atom is 0.222 e. The normalized spacial score (nSPS) is 13.8. The van der Waals surface area contributed by atoms with Gasteiger partial charge >= 0.3 is 0 Å². The smallest absolute Gasteiger partial charge is 0.222 e. The summed E-state index contributed by atoms with van der Waals surface area (Å²) in [7, 11) is 0. The highest BCUT2D eigenvalue weighted by Gasteiger charge is 2.24. The minimum atomic E-state index is 0.225. The van der Waals surface area contributed by atoms with E-state index in [4.69, 9.17) is 4.74 Å². The third-order valence-corrected chi connectivity index (χ3v) is 5.47. The van der Waals surface area contributed by atoms with Crippen LogP contribution in [0.2, 0.25) is 0 Å². The SMILES string of the molecule is CCOc1ccc2[nH]c3c(c2c1)CN(C(=O)CCCn1nc(C)cc1C)CC3. The Morgan fingerprint density at radius 2 is 2.14 bits per heavy atom. The molecule has 1 amide bonds. The molecular formula is C22H28N4O2. The molecule has 3 heterocycles. The van der Waals surface area contributed by atoms with Crippen molar-refractivity contribution in [1.82, 2.24) is 19.7 Å². The summed E-state index contributed by atoms with van der Waals surface area (Å²) in [6, 6.07) is 8.22. The Labute approximate surface area is 165 Å². The lowest BCUT2D eigenvalue weighted by Gasteiger charge is -2.27. The zero-order valence-corrected chi connectivity index (χ0v) is 16.9. The number of hydrogen-bond acceptors (Lipinski definition) is 3. The first-order valence-corrected chi connectivity index (χ1v) is 10.1. The van der Waals surface area contributed by atoms with Gasteiger partial charge < -0.3 is 14.6 Å². The van der Waals surface area contributed by atoms with E-state index in [1.165, 1.54) is 16.6 Å². The maximum absolute atomic E-state index is 12.8. The Morgan fingerprint density at radius 3 is 2.89 bits per heavy atom. The van der Waals surface area contributed by atoms with Crippen molar-refractivity contribution < 1.29 is 9.53 Å². The van der Waals surface area contributed by atoms with Crippen molar-refractivity contribution in [1.29, 1.82) is 0 Å². The van der Waals surface area contributed by atoms with Crippen LogP contribution >= 0.6 is 0 Å². The third kappa shape index (κ3) is 3.63. The molecule has 0 spiro atoms. The third-order valence-electron chi connectivity index (χ3n) is 5.47. The molecule has 0 saturated heterocycles. The summed E-state index contributed by atoms with van der Waals surface area (Å²) in [4.78, 5) is 18.3. The van der Waals surface area contributed by atoms with Gasteiger partial charge in [-0.1, -0.05) is 0 Å². The summed E-state index contributed by atoms with van der Waals surface area (Å²) in [5.41, 5.74) is 5.77. The average Bonchev–Trinajstić information content (AvgIpc) is 3.20. The fraction of sp³-hybridized carbons (Fsp3) is 0.455. The first-order valence-electron chi connectivity index (χ1n) is 10.1. The first kappa shape index (κ1) is 18.6. The monoisotopic (exact) mass is 380 g/mol. The van der Waals surface area contributed by atoms with Gasteiger partial charge in [-0.05, 0) is 51.5 Å². The molecule has 4 rings (SSSR count). The molecule has 1 aliphatic rings. The molecule has 2 aromatic heterocycles.